The maximum absolute atomic E-state index is 14.5. The minimum atomic E-state index is -0.682. The molecule has 6 rings (SSSR count). The predicted octanol–water partition coefficient (Wildman–Crippen LogP) is 9.54. The van der Waals surface area contributed by atoms with E-state index < -0.39 is 11.9 Å². The number of carbonyl (C=O) groups is 1. The van der Waals surface area contributed by atoms with E-state index in [-0.39, 0.29) is 23.1 Å². The van der Waals surface area contributed by atoms with Crippen molar-refractivity contribution >= 4 is 52.5 Å². The van der Waals surface area contributed by atoms with Crippen molar-refractivity contribution in [2.45, 2.75) is 51.3 Å². The predicted molar refractivity (Wildman–Crippen MR) is 193 cm³/mol. The summed E-state index contributed by atoms with van der Waals surface area (Å²) in [5.41, 5.74) is 5.74. The first kappa shape index (κ1) is 34.4. The molecule has 1 aliphatic heterocycles. The third-order valence-electron chi connectivity index (χ3n) is 8.04. The van der Waals surface area contributed by atoms with Crippen LogP contribution >= 0.6 is 35.0 Å². The van der Waals surface area contributed by atoms with Gasteiger partial charge < -0.3 is 20.1 Å². The molecule has 252 valence electrons. The van der Waals surface area contributed by atoms with Crippen LogP contribution in [0, 0.1) is 19.7 Å². The summed E-state index contributed by atoms with van der Waals surface area (Å²) in [6, 6.07) is 22.7. The second-order valence-corrected chi connectivity index (χ2v) is 13.3. The number of allylic oxidation sites excluding steroid dienone is 1. The number of hydrogen-bond donors (Lipinski definition) is 2. The van der Waals surface area contributed by atoms with Gasteiger partial charge in [0, 0.05) is 27.7 Å². The molecule has 1 amide bonds. The zero-order valence-electron chi connectivity index (χ0n) is 27.3. The summed E-state index contributed by atoms with van der Waals surface area (Å²) >= 11 is 14.1. The number of ether oxygens (including phenoxy) is 2. The molecule has 0 fully saturated rings. The number of halogens is 3. The molecule has 0 radical (unpaired) electrons. The number of nitrogens with one attached hydrogen (secondary N) is 2. The highest BCUT2D eigenvalue weighted by atomic mass is 35.5. The molecule has 1 unspecified atom stereocenters. The van der Waals surface area contributed by atoms with Crippen molar-refractivity contribution < 1.29 is 18.7 Å². The third kappa shape index (κ3) is 7.56. The average molecular weight is 719 g/mol. The molecule has 0 saturated carbocycles. The van der Waals surface area contributed by atoms with E-state index in [1.807, 2.05) is 82.3 Å². The highest BCUT2D eigenvalue weighted by molar-refractivity contribution is 7.98. The van der Waals surface area contributed by atoms with Crippen molar-refractivity contribution in [3.05, 3.63) is 134 Å². The summed E-state index contributed by atoms with van der Waals surface area (Å²) in [7, 11) is 0. The lowest BCUT2D eigenvalue weighted by Crippen LogP contribution is -2.31. The fourth-order valence-corrected chi connectivity index (χ4v) is 6.93. The standard InChI is InChI=1S/C37H34Cl2FN5O3S/c1-5-47-32-18-24(14-16-31(32)48-19-26-28(39)11-8-12-29(26)40)34-33(35(46)42-30-15-13-21(2)17-22(30)3)23(4)41-36-43-37(44-45(34)36)49-20-25-9-6-7-10-27(25)38/h6-18,34H,5,19-20H2,1-4H3,(H,42,46)(H,41,43,44). The molecule has 5 aromatic rings. The van der Waals surface area contributed by atoms with E-state index >= 15 is 0 Å². The molecule has 1 aliphatic rings. The summed E-state index contributed by atoms with van der Waals surface area (Å²) in [5.74, 6) is 1.12. The number of amides is 1. The van der Waals surface area contributed by atoms with Crippen LogP contribution in [0.3, 0.4) is 0 Å². The van der Waals surface area contributed by atoms with Crippen LogP contribution in [-0.4, -0.2) is 27.3 Å². The van der Waals surface area contributed by atoms with Gasteiger partial charge in [-0.1, -0.05) is 83.0 Å². The van der Waals surface area contributed by atoms with Crippen LogP contribution in [0.15, 0.2) is 95.3 Å². The number of fused-ring (bicyclic) bond motifs is 1. The van der Waals surface area contributed by atoms with Crippen LogP contribution < -0.4 is 20.1 Å². The highest BCUT2D eigenvalue weighted by Gasteiger charge is 2.35. The minimum Gasteiger partial charge on any atom is -0.490 e. The van der Waals surface area contributed by atoms with Crippen LogP contribution in [0.2, 0.25) is 10.0 Å². The van der Waals surface area contributed by atoms with Gasteiger partial charge in [-0.05, 0) is 80.8 Å². The van der Waals surface area contributed by atoms with E-state index in [0.717, 1.165) is 16.7 Å². The molecule has 2 N–H and O–H groups in total. The second-order valence-electron chi connectivity index (χ2n) is 11.5. The van der Waals surface area contributed by atoms with Crippen molar-refractivity contribution in [3.8, 4) is 11.5 Å². The van der Waals surface area contributed by atoms with E-state index in [9.17, 15) is 9.18 Å². The van der Waals surface area contributed by atoms with Gasteiger partial charge in [-0.25, -0.2) is 9.07 Å². The fourth-order valence-electron chi connectivity index (χ4n) is 5.60. The number of aryl methyl sites for hydroxylation is 2. The van der Waals surface area contributed by atoms with E-state index in [2.05, 4.69) is 10.6 Å². The smallest absolute Gasteiger partial charge is 0.255 e. The monoisotopic (exact) mass is 717 g/mol. The number of benzene rings is 4. The van der Waals surface area contributed by atoms with Gasteiger partial charge in [0.1, 0.15) is 18.5 Å². The van der Waals surface area contributed by atoms with Crippen LogP contribution in [0.25, 0.3) is 0 Å². The number of nitrogens with zero attached hydrogens (tertiary/aromatic N) is 3. The second kappa shape index (κ2) is 14.9. The summed E-state index contributed by atoms with van der Waals surface area (Å²) in [6.45, 7) is 7.92. The fraction of sp³-hybridized carbons (Fsp3) is 0.216. The molecule has 0 aliphatic carbocycles. The molecule has 49 heavy (non-hydrogen) atoms. The van der Waals surface area contributed by atoms with Crippen molar-refractivity contribution in [1.82, 2.24) is 14.8 Å². The van der Waals surface area contributed by atoms with Gasteiger partial charge in [0.2, 0.25) is 11.1 Å². The molecule has 1 atom stereocenters. The van der Waals surface area contributed by atoms with E-state index in [4.69, 9.17) is 42.8 Å². The van der Waals surface area contributed by atoms with Crippen LogP contribution in [0.5, 0.6) is 11.5 Å². The Labute approximate surface area is 298 Å². The first-order valence-electron chi connectivity index (χ1n) is 15.6. The number of hydrogen-bond acceptors (Lipinski definition) is 7. The van der Waals surface area contributed by atoms with Crippen LogP contribution in [0.1, 0.15) is 47.7 Å². The minimum absolute atomic E-state index is 0.0971. The van der Waals surface area contributed by atoms with Gasteiger partial charge in [0.25, 0.3) is 5.91 Å². The average Bonchev–Trinajstić information content (AvgIpc) is 3.47. The summed E-state index contributed by atoms with van der Waals surface area (Å²) < 4.78 is 28.3. The number of aromatic nitrogens is 3. The van der Waals surface area contributed by atoms with Gasteiger partial charge in [0.15, 0.2) is 11.5 Å². The van der Waals surface area contributed by atoms with E-state index in [1.165, 1.54) is 17.8 Å². The molecule has 0 spiro atoms. The van der Waals surface area contributed by atoms with Gasteiger partial charge in [-0.3, -0.25) is 4.79 Å². The summed E-state index contributed by atoms with van der Waals surface area (Å²) in [5, 5.41) is 12.7. The topological polar surface area (TPSA) is 90.3 Å². The third-order valence-corrected chi connectivity index (χ3v) is 9.65. The molecule has 0 saturated heterocycles. The Balaban J connectivity index is 1.37. The Kier molecular flexibility index (Phi) is 10.5. The Morgan fingerprint density at radius 2 is 1.78 bits per heavy atom. The van der Waals surface area contributed by atoms with Crippen molar-refractivity contribution in [2.75, 3.05) is 17.2 Å². The Hall–Kier alpha value is -4.51. The van der Waals surface area contributed by atoms with Gasteiger partial charge >= 0.3 is 0 Å². The van der Waals surface area contributed by atoms with Crippen molar-refractivity contribution in [3.63, 3.8) is 0 Å². The quantitative estimate of drug-likeness (QED) is 0.132. The lowest BCUT2D eigenvalue weighted by Gasteiger charge is -2.29. The summed E-state index contributed by atoms with van der Waals surface area (Å²) in [4.78, 5) is 18.9. The summed E-state index contributed by atoms with van der Waals surface area (Å²) in [6.07, 6.45) is 0. The van der Waals surface area contributed by atoms with Gasteiger partial charge in [-0.15, -0.1) is 5.10 Å². The largest absolute Gasteiger partial charge is 0.490 e. The van der Waals surface area contributed by atoms with Crippen molar-refractivity contribution in [1.29, 1.82) is 0 Å². The Morgan fingerprint density at radius 3 is 2.53 bits per heavy atom. The highest BCUT2D eigenvalue weighted by Crippen LogP contribution is 2.41. The normalized spacial score (nSPS) is 13.9. The lowest BCUT2D eigenvalue weighted by molar-refractivity contribution is -0.113. The zero-order valence-corrected chi connectivity index (χ0v) is 29.6. The van der Waals surface area contributed by atoms with E-state index in [0.29, 0.717) is 62.5 Å². The number of anilines is 2. The van der Waals surface area contributed by atoms with E-state index in [1.54, 1.807) is 22.9 Å². The molecular weight excluding hydrogens is 684 g/mol. The molecule has 12 heteroatoms. The SMILES string of the molecule is CCOc1cc(C2C(C(=O)Nc3ccc(C)cc3C)=C(C)Nc3nc(SCc4ccccc4Cl)nn32)ccc1OCc1c(F)cccc1Cl. The zero-order chi connectivity index (χ0) is 34.7. The molecule has 1 aromatic heterocycles. The van der Waals surface area contributed by atoms with Crippen molar-refractivity contribution in [2.24, 2.45) is 0 Å². The molecule has 4 aromatic carbocycles. The number of carbonyl (C=O) groups excluding carboxylic acids is 1. The molecule has 0 bridgehead atoms. The first-order valence-corrected chi connectivity index (χ1v) is 17.4. The Morgan fingerprint density at radius 1 is 0.980 bits per heavy atom. The Bertz CT molecular complexity index is 2050. The van der Waals surface area contributed by atoms with Crippen LogP contribution in [0.4, 0.5) is 16.0 Å². The lowest BCUT2D eigenvalue weighted by atomic mass is 9.94. The van der Waals surface area contributed by atoms with Crippen LogP contribution in [-0.2, 0) is 17.2 Å². The first-order chi connectivity index (χ1) is 23.6. The molecule has 8 nitrogen and oxygen atoms in total. The van der Waals surface area contributed by atoms with Gasteiger partial charge in [0.05, 0.1) is 17.2 Å². The number of rotatable bonds is 11. The number of thioether (sulfide) groups is 1. The maximum atomic E-state index is 14.5. The molecular formula is C37H34Cl2FN5O3S. The molecule has 2 heterocycles. The maximum Gasteiger partial charge on any atom is 0.255 e. The van der Waals surface area contributed by atoms with Gasteiger partial charge in [-0.2, -0.15) is 4.98 Å².